The second-order valence-electron chi connectivity index (χ2n) is 2.76. The zero-order valence-corrected chi connectivity index (χ0v) is 7.35. The van der Waals surface area contributed by atoms with Crippen molar-refractivity contribution in [3.63, 3.8) is 0 Å². The van der Waals surface area contributed by atoms with Crippen LogP contribution in [0.25, 0.3) is 12.2 Å². The summed E-state index contributed by atoms with van der Waals surface area (Å²) in [5.41, 5.74) is 0.907. The zero-order chi connectivity index (χ0) is 9.80. The lowest BCUT2D eigenvalue weighted by atomic mass is 10.2. The summed E-state index contributed by atoms with van der Waals surface area (Å²) in [6.45, 7) is 0. The Balaban J connectivity index is 2.15. The SMILES string of the molecule is Fc1ccc(C=Cc2ncco2)cc1. The van der Waals surface area contributed by atoms with Gasteiger partial charge in [0.25, 0.3) is 0 Å². The fraction of sp³-hybridized carbons (Fsp3) is 0. The molecule has 2 rings (SSSR count). The molecule has 1 heterocycles. The molecule has 3 heteroatoms. The Morgan fingerprint density at radius 1 is 1.14 bits per heavy atom. The first-order valence-electron chi connectivity index (χ1n) is 4.18. The lowest BCUT2D eigenvalue weighted by molar-refractivity contribution is 0.547. The summed E-state index contributed by atoms with van der Waals surface area (Å²) < 4.78 is 17.6. The maximum Gasteiger partial charge on any atom is 0.218 e. The minimum atomic E-state index is -0.238. The molecule has 0 aliphatic carbocycles. The molecule has 2 aromatic rings. The van der Waals surface area contributed by atoms with E-state index >= 15 is 0 Å². The smallest absolute Gasteiger partial charge is 0.218 e. The minimum Gasteiger partial charge on any atom is -0.445 e. The van der Waals surface area contributed by atoms with Gasteiger partial charge in [-0.15, -0.1) is 0 Å². The molecule has 2 nitrogen and oxygen atoms in total. The number of aromatic nitrogens is 1. The Morgan fingerprint density at radius 2 is 1.93 bits per heavy atom. The summed E-state index contributed by atoms with van der Waals surface area (Å²) in [4.78, 5) is 3.92. The van der Waals surface area contributed by atoms with Gasteiger partial charge in [-0.05, 0) is 23.8 Å². The highest BCUT2D eigenvalue weighted by atomic mass is 19.1. The van der Waals surface area contributed by atoms with Crippen LogP contribution in [0.4, 0.5) is 4.39 Å². The Labute approximate surface area is 80.7 Å². The molecule has 0 fully saturated rings. The molecule has 1 aromatic carbocycles. The molecule has 1 aromatic heterocycles. The molecule has 0 amide bonds. The van der Waals surface area contributed by atoms with Crippen LogP contribution in [-0.4, -0.2) is 4.98 Å². The third-order valence-corrected chi connectivity index (χ3v) is 1.74. The number of oxazole rings is 1. The van der Waals surface area contributed by atoms with Gasteiger partial charge in [-0.3, -0.25) is 0 Å². The highest BCUT2D eigenvalue weighted by Crippen LogP contribution is 2.07. The van der Waals surface area contributed by atoms with E-state index in [9.17, 15) is 4.39 Å². The van der Waals surface area contributed by atoms with Crippen LogP contribution in [0.15, 0.2) is 41.1 Å². The summed E-state index contributed by atoms with van der Waals surface area (Å²) in [5.74, 6) is 0.299. The predicted molar refractivity (Wildman–Crippen MR) is 51.8 cm³/mol. The van der Waals surface area contributed by atoms with Gasteiger partial charge in [0.05, 0.1) is 6.20 Å². The van der Waals surface area contributed by atoms with E-state index in [4.69, 9.17) is 4.42 Å². The van der Waals surface area contributed by atoms with Crippen LogP contribution in [0, 0.1) is 5.82 Å². The standard InChI is InChI=1S/C11H8FNO/c12-10-4-1-9(2-5-10)3-6-11-13-7-8-14-11/h1-8H. The molecule has 0 aliphatic heterocycles. The molecule has 0 saturated carbocycles. The summed E-state index contributed by atoms with van der Waals surface area (Å²) in [6.07, 6.45) is 6.62. The second-order valence-corrected chi connectivity index (χ2v) is 2.76. The quantitative estimate of drug-likeness (QED) is 0.725. The molecule has 70 valence electrons. The third-order valence-electron chi connectivity index (χ3n) is 1.74. The predicted octanol–water partition coefficient (Wildman–Crippen LogP) is 2.98. The second kappa shape index (κ2) is 3.87. The van der Waals surface area contributed by atoms with Crippen molar-refractivity contribution in [2.75, 3.05) is 0 Å². The highest BCUT2D eigenvalue weighted by molar-refractivity contribution is 5.65. The average Bonchev–Trinajstić information content (AvgIpc) is 2.70. The summed E-state index contributed by atoms with van der Waals surface area (Å²) >= 11 is 0. The van der Waals surface area contributed by atoms with Gasteiger partial charge in [-0.2, -0.15) is 0 Å². The summed E-state index contributed by atoms with van der Waals surface area (Å²) in [7, 11) is 0. The van der Waals surface area contributed by atoms with E-state index in [1.54, 1.807) is 24.4 Å². The van der Waals surface area contributed by atoms with Gasteiger partial charge in [0, 0.05) is 6.08 Å². The average molecular weight is 189 g/mol. The van der Waals surface area contributed by atoms with E-state index in [1.807, 2.05) is 6.08 Å². The van der Waals surface area contributed by atoms with E-state index in [1.165, 1.54) is 18.4 Å². The van der Waals surface area contributed by atoms with E-state index in [2.05, 4.69) is 4.98 Å². The largest absolute Gasteiger partial charge is 0.445 e. The topological polar surface area (TPSA) is 26.0 Å². The van der Waals surface area contributed by atoms with Gasteiger partial charge in [-0.1, -0.05) is 12.1 Å². The maximum absolute atomic E-state index is 12.5. The number of hydrogen-bond acceptors (Lipinski definition) is 2. The van der Waals surface area contributed by atoms with Crippen molar-refractivity contribution in [3.05, 3.63) is 54.0 Å². The van der Waals surface area contributed by atoms with Gasteiger partial charge in [0.1, 0.15) is 12.1 Å². The fourth-order valence-corrected chi connectivity index (χ4v) is 1.06. The first kappa shape index (κ1) is 8.69. The van der Waals surface area contributed by atoms with Crippen LogP contribution in [0.2, 0.25) is 0 Å². The van der Waals surface area contributed by atoms with Crippen molar-refractivity contribution in [2.24, 2.45) is 0 Å². The molecule has 0 aliphatic rings. The lowest BCUT2D eigenvalue weighted by Gasteiger charge is -1.91. The van der Waals surface area contributed by atoms with Gasteiger partial charge < -0.3 is 4.42 Å². The van der Waals surface area contributed by atoms with Gasteiger partial charge in [0.2, 0.25) is 5.89 Å². The van der Waals surface area contributed by atoms with Crippen molar-refractivity contribution in [2.45, 2.75) is 0 Å². The highest BCUT2D eigenvalue weighted by Gasteiger charge is 1.91. The van der Waals surface area contributed by atoms with E-state index in [0.29, 0.717) is 5.89 Å². The monoisotopic (exact) mass is 189 g/mol. The molecule has 0 radical (unpaired) electrons. The number of halogens is 1. The molecule has 0 bridgehead atoms. The molecular weight excluding hydrogens is 181 g/mol. The van der Waals surface area contributed by atoms with Crippen LogP contribution >= 0.6 is 0 Å². The lowest BCUT2D eigenvalue weighted by Crippen LogP contribution is -1.74. The van der Waals surface area contributed by atoms with Crippen molar-refractivity contribution in [1.82, 2.24) is 4.98 Å². The van der Waals surface area contributed by atoms with E-state index in [0.717, 1.165) is 5.56 Å². The van der Waals surface area contributed by atoms with Gasteiger partial charge >= 0.3 is 0 Å². The molecule has 0 saturated heterocycles. The van der Waals surface area contributed by atoms with E-state index < -0.39 is 0 Å². The summed E-state index contributed by atoms with van der Waals surface area (Å²) in [5, 5.41) is 0. The van der Waals surface area contributed by atoms with Gasteiger partial charge in [0.15, 0.2) is 0 Å². The summed E-state index contributed by atoms with van der Waals surface area (Å²) in [6, 6.07) is 6.20. The fourth-order valence-electron chi connectivity index (χ4n) is 1.06. The molecule has 0 unspecified atom stereocenters. The van der Waals surface area contributed by atoms with Crippen molar-refractivity contribution < 1.29 is 8.81 Å². The number of hydrogen-bond donors (Lipinski definition) is 0. The third kappa shape index (κ3) is 2.07. The molecule has 0 N–H and O–H groups in total. The number of nitrogens with zero attached hydrogens (tertiary/aromatic N) is 1. The number of benzene rings is 1. The first-order chi connectivity index (χ1) is 6.84. The zero-order valence-electron chi connectivity index (χ0n) is 7.35. The first-order valence-corrected chi connectivity index (χ1v) is 4.18. The normalized spacial score (nSPS) is 10.9. The van der Waals surface area contributed by atoms with Crippen LogP contribution in [0.3, 0.4) is 0 Å². The molecule has 0 spiro atoms. The Hall–Kier alpha value is -1.90. The minimum absolute atomic E-state index is 0.238. The van der Waals surface area contributed by atoms with Crippen LogP contribution in [-0.2, 0) is 0 Å². The van der Waals surface area contributed by atoms with Crippen LogP contribution in [0.5, 0.6) is 0 Å². The maximum atomic E-state index is 12.5. The molecule has 0 atom stereocenters. The molecular formula is C11H8FNO. The Kier molecular flexibility index (Phi) is 2.40. The van der Waals surface area contributed by atoms with Crippen LogP contribution in [0.1, 0.15) is 11.5 Å². The van der Waals surface area contributed by atoms with Crippen LogP contribution < -0.4 is 0 Å². The Morgan fingerprint density at radius 3 is 2.57 bits per heavy atom. The van der Waals surface area contributed by atoms with Crippen molar-refractivity contribution >= 4 is 12.2 Å². The van der Waals surface area contributed by atoms with E-state index in [-0.39, 0.29) is 5.82 Å². The van der Waals surface area contributed by atoms with Crippen molar-refractivity contribution in [1.29, 1.82) is 0 Å². The van der Waals surface area contributed by atoms with Gasteiger partial charge in [-0.25, -0.2) is 9.37 Å². The molecule has 14 heavy (non-hydrogen) atoms. The van der Waals surface area contributed by atoms with Crippen molar-refractivity contribution in [3.8, 4) is 0 Å². The Bertz CT molecular complexity index is 417. The number of rotatable bonds is 2.